The van der Waals surface area contributed by atoms with Crippen LogP contribution in [0.3, 0.4) is 0 Å². The number of carboxylic acid groups (broad SMARTS) is 1. The molecule has 0 aliphatic heterocycles. The van der Waals surface area contributed by atoms with Crippen molar-refractivity contribution < 1.29 is 18.3 Å². The molecule has 0 radical (unpaired) electrons. The smallest absolute Gasteiger partial charge is 0.335 e. The highest BCUT2D eigenvalue weighted by Crippen LogP contribution is 2.29. The highest BCUT2D eigenvalue weighted by Gasteiger charge is 2.18. The van der Waals surface area contributed by atoms with Crippen molar-refractivity contribution in [1.82, 2.24) is 0 Å². The zero-order chi connectivity index (χ0) is 21.0. The van der Waals surface area contributed by atoms with Crippen LogP contribution in [0.1, 0.15) is 29.8 Å². The molecule has 0 saturated carbocycles. The van der Waals surface area contributed by atoms with Gasteiger partial charge in [0, 0.05) is 5.69 Å². The molecule has 150 valence electrons. The summed E-state index contributed by atoms with van der Waals surface area (Å²) in [6.07, 6.45) is 0.751. The number of carbonyl (C=O) groups is 1. The van der Waals surface area contributed by atoms with Crippen LogP contribution in [0.5, 0.6) is 0 Å². The molecule has 3 aromatic rings. The molecule has 0 unspecified atom stereocenters. The van der Waals surface area contributed by atoms with E-state index in [9.17, 15) is 13.2 Å². The molecule has 0 heterocycles. The van der Waals surface area contributed by atoms with Gasteiger partial charge in [-0.2, -0.15) is 0 Å². The first-order chi connectivity index (χ1) is 13.8. The van der Waals surface area contributed by atoms with Crippen LogP contribution in [0, 0.1) is 5.92 Å². The van der Waals surface area contributed by atoms with Crippen molar-refractivity contribution in [2.45, 2.75) is 25.2 Å². The van der Waals surface area contributed by atoms with E-state index in [-0.39, 0.29) is 10.5 Å². The lowest BCUT2D eigenvalue weighted by molar-refractivity contribution is 0.0697. The summed E-state index contributed by atoms with van der Waals surface area (Å²) in [5.74, 6) is -0.693. The quantitative estimate of drug-likeness (QED) is 0.572. The van der Waals surface area contributed by atoms with E-state index in [4.69, 9.17) is 5.11 Å². The summed E-state index contributed by atoms with van der Waals surface area (Å²) in [6, 6.07) is 20.7. The number of aromatic carboxylic acids is 1. The second kappa shape index (κ2) is 8.49. The Hall–Kier alpha value is -3.12. The zero-order valence-electron chi connectivity index (χ0n) is 16.3. The average Bonchev–Trinajstić information content (AvgIpc) is 2.68. The van der Waals surface area contributed by atoms with Gasteiger partial charge >= 0.3 is 5.97 Å². The third-order valence-corrected chi connectivity index (χ3v) is 5.86. The van der Waals surface area contributed by atoms with Gasteiger partial charge in [0.1, 0.15) is 0 Å². The molecule has 2 N–H and O–H groups in total. The zero-order valence-corrected chi connectivity index (χ0v) is 17.1. The fraction of sp³-hybridized carbons (Fsp3) is 0.174. The summed E-state index contributed by atoms with van der Waals surface area (Å²) in [7, 11) is -3.80. The minimum Gasteiger partial charge on any atom is -0.478 e. The first-order valence-electron chi connectivity index (χ1n) is 9.31. The summed E-state index contributed by atoms with van der Waals surface area (Å²) in [5.41, 5.74) is 3.44. The molecule has 0 fully saturated rings. The molecule has 0 aliphatic carbocycles. The first kappa shape index (κ1) is 20.6. The van der Waals surface area contributed by atoms with Crippen molar-refractivity contribution in [3.8, 4) is 11.1 Å². The second-order valence-corrected chi connectivity index (χ2v) is 8.95. The van der Waals surface area contributed by atoms with Crippen molar-refractivity contribution in [3.63, 3.8) is 0 Å². The van der Waals surface area contributed by atoms with Crippen LogP contribution in [0.25, 0.3) is 11.1 Å². The van der Waals surface area contributed by atoms with E-state index < -0.39 is 16.0 Å². The van der Waals surface area contributed by atoms with E-state index in [1.54, 1.807) is 12.1 Å². The highest BCUT2D eigenvalue weighted by molar-refractivity contribution is 7.92. The van der Waals surface area contributed by atoms with Crippen LogP contribution >= 0.6 is 0 Å². The van der Waals surface area contributed by atoms with Gasteiger partial charge in [-0.15, -0.1) is 0 Å². The van der Waals surface area contributed by atoms with Crippen LogP contribution in [0.15, 0.2) is 77.7 Å². The molecule has 0 atom stereocenters. The lowest BCUT2D eigenvalue weighted by Gasteiger charge is -2.15. The van der Waals surface area contributed by atoms with Crippen molar-refractivity contribution in [2.24, 2.45) is 5.92 Å². The maximum Gasteiger partial charge on any atom is 0.335 e. The van der Waals surface area contributed by atoms with Crippen molar-refractivity contribution in [3.05, 3.63) is 83.9 Å². The lowest BCUT2D eigenvalue weighted by Crippen LogP contribution is -2.14. The van der Waals surface area contributed by atoms with Gasteiger partial charge in [-0.3, -0.25) is 4.72 Å². The number of carboxylic acids is 1. The molecule has 6 heteroatoms. The summed E-state index contributed by atoms with van der Waals surface area (Å²) in [6.45, 7) is 4.19. The molecule has 3 aromatic carbocycles. The molecule has 3 rings (SSSR count). The Bertz CT molecular complexity index is 1110. The Morgan fingerprint density at radius 1 is 0.966 bits per heavy atom. The lowest BCUT2D eigenvalue weighted by atomic mass is 9.94. The molecule has 0 amide bonds. The van der Waals surface area contributed by atoms with Gasteiger partial charge in [0.2, 0.25) is 0 Å². The monoisotopic (exact) mass is 409 g/mol. The molecule has 0 aliphatic rings. The van der Waals surface area contributed by atoms with Gasteiger partial charge in [-0.1, -0.05) is 50.2 Å². The summed E-state index contributed by atoms with van der Waals surface area (Å²) >= 11 is 0. The van der Waals surface area contributed by atoms with Gasteiger partial charge in [0.05, 0.1) is 10.5 Å². The standard InChI is InChI=1S/C23H23NO4S/c1-16(2)14-19-15-21(12-13-22(19)17-6-4-3-5-7-17)29(27,28)24-20-10-8-18(9-11-20)23(25)26/h3-13,15-16,24H,14H2,1-2H3,(H,25,26). The second-order valence-electron chi connectivity index (χ2n) is 7.27. The minimum absolute atomic E-state index is 0.0966. The maximum absolute atomic E-state index is 12.9. The molecular weight excluding hydrogens is 386 g/mol. The third kappa shape index (κ3) is 5.03. The number of rotatable bonds is 7. The molecular formula is C23H23NO4S. The van der Waals surface area contributed by atoms with Crippen LogP contribution in [0.4, 0.5) is 5.69 Å². The Labute approximate surface area is 171 Å². The molecule has 0 bridgehead atoms. The van der Waals surface area contributed by atoms with Gasteiger partial charge in [-0.05, 0) is 65.4 Å². The van der Waals surface area contributed by atoms with E-state index >= 15 is 0 Å². The van der Waals surface area contributed by atoms with E-state index in [1.807, 2.05) is 36.4 Å². The SMILES string of the molecule is CC(C)Cc1cc(S(=O)(=O)Nc2ccc(C(=O)O)cc2)ccc1-c1ccccc1. The highest BCUT2D eigenvalue weighted by atomic mass is 32.2. The molecule has 0 aromatic heterocycles. The average molecular weight is 410 g/mol. The van der Waals surface area contributed by atoms with Crippen molar-refractivity contribution >= 4 is 21.7 Å². The Morgan fingerprint density at radius 3 is 2.21 bits per heavy atom. The number of benzene rings is 3. The van der Waals surface area contributed by atoms with E-state index in [2.05, 4.69) is 18.6 Å². The predicted octanol–water partition coefficient (Wildman–Crippen LogP) is 5.05. The predicted molar refractivity (Wildman–Crippen MR) is 115 cm³/mol. The first-order valence-corrected chi connectivity index (χ1v) is 10.8. The van der Waals surface area contributed by atoms with Gasteiger partial charge in [0.25, 0.3) is 10.0 Å². The molecule has 5 nitrogen and oxygen atoms in total. The van der Waals surface area contributed by atoms with E-state index in [0.717, 1.165) is 23.1 Å². The fourth-order valence-electron chi connectivity index (χ4n) is 3.14. The van der Waals surface area contributed by atoms with Crippen molar-refractivity contribution in [1.29, 1.82) is 0 Å². The normalized spacial score (nSPS) is 11.4. The Kier molecular flexibility index (Phi) is 6.03. The van der Waals surface area contributed by atoms with Crippen LogP contribution in [0.2, 0.25) is 0 Å². The number of nitrogens with one attached hydrogen (secondary N) is 1. The summed E-state index contributed by atoms with van der Waals surface area (Å²) in [5, 5.41) is 8.97. The minimum atomic E-state index is -3.80. The van der Waals surface area contributed by atoms with Gasteiger partial charge < -0.3 is 5.11 Å². The Morgan fingerprint density at radius 2 is 1.62 bits per heavy atom. The molecule has 0 spiro atoms. The number of hydrogen-bond acceptors (Lipinski definition) is 3. The van der Waals surface area contributed by atoms with Gasteiger partial charge in [0.15, 0.2) is 0 Å². The fourth-order valence-corrected chi connectivity index (χ4v) is 4.25. The number of sulfonamides is 1. The van der Waals surface area contributed by atoms with Crippen LogP contribution < -0.4 is 4.72 Å². The van der Waals surface area contributed by atoms with E-state index in [0.29, 0.717) is 11.6 Å². The number of hydrogen-bond donors (Lipinski definition) is 2. The van der Waals surface area contributed by atoms with Crippen LogP contribution in [-0.4, -0.2) is 19.5 Å². The summed E-state index contributed by atoms with van der Waals surface area (Å²) in [4.78, 5) is 11.1. The third-order valence-electron chi connectivity index (χ3n) is 4.48. The maximum atomic E-state index is 12.9. The largest absolute Gasteiger partial charge is 0.478 e. The topological polar surface area (TPSA) is 83.5 Å². The molecule has 0 saturated heterocycles. The Balaban J connectivity index is 1.95. The summed E-state index contributed by atoms with van der Waals surface area (Å²) < 4.78 is 28.3. The van der Waals surface area contributed by atoms with Crippen molar-refractivity contribution in [2.75, 3.05) is 4.72 Å². The number of anilines is 1. The van der Waals surface area contributed by atoms with Crippen LogP contribution in [-0.2, 0) is 16.4 Å². The molecule has 29 heavy (non-hydrogen) atoms. The van der Waals surface area contributed by atoms with Gasteiger partial charge in [-0.25, -0.2) is 13.2 Å². The van der Waals surface area contributed by atoms with E-state index in [1.165, 1.54) is 24.3 Å².